The summed E-state index contributed by atoms with van der Waals surface area (Å²) >= 11 is 5.81. The van der Waals surface area contributed by atoms with Gasteiger partial charge in [-0.05, 0) is 30.7 Å². The molecule has 184 valence electrons. The highest BCUT2D eigenvalue weighted by Gasteiger charge is 2.38. The Bertz CT molecular complexity index is 951. The van der Waals surface area contributed by atoms with Gasteiger partial charge in [-0.15, -0.1) is 0 Å². The van der Waals surface area contributed by atoms with Gasteiger partial charge < -0.3 is 10.4 Å². The van der Waals surface area contributed by atoms with Gasteiger partial charge in [0.1, 0.15) is 0 Å². The molecule has 9 nitrogen and oxygen atoms in total. The predicted molar refractivity (Wildman–Crippen MR) is 112 cm³/mol. The van der Waals surface area contributed by atoms with Crippen LogP contribution in [0.2, 0.25) is 5.02 Å². The van der Waals surface area contributed by atoms with Gasteiger partial charge in [0.15, 0.2) is 0 Å². The SMILES string of the molecule is CCCN(CCS(=O)(=O)N1CCNCC1)S(=O)(=O)c1ccc(Cl)cc1.O=C(O)C(F)(F)F. The molecule has 0 bridgehead atoms. The Hall–Kier alpha value is -1.45. The number of nitrogens with zero attached hydrogens (tertiary/aromatic N) is 2. The molecule has 1 aliphatic heterocycles. The Labute approximate surface area is 190 Å². The molecule has 0 radical (unpaired) electrons. The number of halogens is 4. The molecule has 1 saturated heterocycles. The Morgan fingerprint density at radius 3 is 2.06 bits per heavy atom. The Morgan fingerprint density at radius 2 is 1.62 bits per heavy atom. The van der Waals surface area contributed by atoms with Gasteiger partial charge in [0.05, 0.1) is 10.6 Å². The van der Waals surface area contributed by atoms with Crippen molar-refractivity contribution >= 4 is 37.6 Å². The summed E-state index contributed by atoms with van der Waals surface area (Å²) in [6.45, 7) is 4.12. The van der Waals surface area contributed by atoms with Crippen molar-refractivity contribution in [3.8, 4) is 0 Å². The van der Waals surface area contributed by atoms with Crippen molar-refractivity contribution in [1.82, 2.24) is 13.9 Å². The Kier molecular flexibility index (Phi) is 10.8. The number of piperazine rings is 1. The number of rotatable bonds is 8. The molecule has 0 aliphatic carbocycles. The van der Waals surface area contributed by atoms with Crippen molar-refractivity contribution in [2.45, 2.75) is 24.4 Å². The van der Waals surface area contributed by atoms with Crippen LogP contribution in [0.25, 0.3) is 0 Å². The van der Waals surface area contributed by atoms with Gasteiger partial charge in [0.2, 0.25) is 20.0 Å². The van der Waals surface area contributed by atoms with Crippen LogP contribution in [-0.4, -0.2) is 87.7 Å². The van der Waals surface area contributed by atoms with E-state index >= 15 is 0 Å². The van der Waals surface area contributed by atoms with Crippen molar-refractivity contribution in [2.24, 2.45) is 0 Å². The lowest BCUT2D eigenvalue weighted by molar-refractivity contribution is -0.192. The zero-order chi connectivity index (χ0) is 24.6. The average Bonchev–Trinajstić information content (AvgIpc) is 2.71. The van der Waals surface area contributed by atoms with Gasteiger partial charge in [-0.25, -0.2) is 21.6 Å². The Morgan fingerprint density at radius 1 is 1.12 bits per heavy atom. The zero-order valence-corrected chi connectivity index (χ0v) is 19.6. The lowest BCUT2D eigenvalue weighted by atomic mass is 10.4. The number of carboxylic acids is 1. The summed E-state index contributed by atoms with van der Waals surface area (Å²) in [6.07, 6.45) is -4.49. The van der Waals surface area contributed by atoms with Crippen molar-refractivity contribution < 1.29 is 39.9 Å². The van der Waals surface area contributed by atoms with Crippen LogP contribution in [0.4, 0.5) is 13.2 Å². The normalized spacial score (nSPS) is 15.8. The van der Waals surface area contributed by atoms with E-state index in [2.05, 4.69) is 5.32 Å². The number of sulfonamides is 2. The molecule has 1 aliphatic rings. The first-order valence-corrected chi connectivity index (χ1v) is 12.9. The van der Waals surface area contributed by atoms with E-state index in [9.17, 15) is 30.0 Å². The van der Waals surface area contributed by atoms with E-state index in [0.717, 1.165) is 0 Å². The van der Waals surface area contributed by atoms with Gasteiger partial charge >= 0.3 is 12.1 Å². The molecule has 2 N–H and O–H groups in total. The summed E-state index contributed by atoms with van der Waals surface area (Å²) < 4.78 is 84.9. The molecule has 2 rings (SSSR count). The molecule has 0 amide bonds. The van der Waals surface area contributed by atoms with Gasteiger partial charge in [-0.3, -0.25) is 0 Å². The lowest BCUT2D eigenvalue weighted by Gasteiger charge is -2.28. The fourth-order valence-corrected chi connectivity index (χ4v) is 5.85. The molecule has 1 aromatic carbocycles. The second-order valence-electron chi connectivity index (χ2n) is 6.63. The smallest absolute Gasteiger partial charge is 0.475 e. The summed E-state index contributed by atoms with van der Waals surface area (Å²) in [7, 11) is -7.23. The summed E-state index contributed by atoms with van der Waals surface area (Å²) in [6, 6.07) is 5.89. The number of alkyl halides is 3. The monoisotopic (exact) mass is 523 g/mol. The topological polar surface area (TPSA) is 124 Å². The molecule has 32 heavy (non-hydrogen) atoms. The van der Waals surface area contributed by atoms with E-state index < -0.39 is 32.2 Å². The molecule has 0 spiro atoms. The van der Waals surface area contributed by atoms with Crippen LogP contribution < -0.4 is 5.32 Å². The molecule has 0 atom stereocenters. The number of hydrogen-bond donors (Lipinski definition) is 2. The lowest BCUT2D eigenvalue weighted by Crippen LogP contribution is -2.48. The van der Waals surface area contributed by atoms with Gasteiger partial charge in [0, 0.05) is 44.3 Å². The maximum absolute atomic E-state index is 12.8. The predicted octanol–water partition coefficient (Wildman–Crippen LogP) is 1.61. The molecule has 1 aromatic rings. The summed E-state index contributed by atoms with van der Waals surface area (Å²) in [5.41, 5.74) is 0. The second-order valence-corrected chi connectivity index (χ2v) is 11.1. The van der Waals surface area contributed by atoms with E-state index in [1.54, 1.807) is 0 Å². The third-order valence-electron chi connectivity index (χ3n) is 4.23. The highest BCUT2D eigenvalue weighted by Crippen LogP contribution is 2.19. The van der Waals surface area contributed by atoms with Crippen LogP contribution in [0.3, 0.4) is 0 Å². The minimum atomic E-state index is -5.08. The van der Waals surface area contributed by atoms with E-state index in [-0.39, 0.29) is 23.7 Å². The van der Waals surface area contributed by atoms with Gasteiger partial charge in [0.25, 0.3) is 0 Å². The highest BCUT2D eigenvalue weighted by atomic mass is 35.5. The first-order chi connectivity index (χ1) is 14.7. The number of aliphatic carboxylic acids is 1. The van der Waals surface area contributed by atoms with Gasteiger partial charge in [-0.2, -0.15) is 21.8 Å². The first kappa shape index (κ1) is 28.6. The van der Waals surface area contributed by atoms with Crippen LogP contribution in [0.5, 0.6) is 0 Å². The van der Waals surface area contributed by atoms with Crippen LogP contribution >= 0.6 is 11.6 Å². The van der Waals surface area contributed by atoms with Crippen LogP contribution in [0.15, 0.2) is 29.2 Å². The van der Waals surface area contributed by atoms with E-state index in [4.69, 9.17) is 21.5 Å². The molecule has 0 saturated carbocycles. The number of carboxylic acid groups (broad SMARTS) is 1. The molecule has 1 fully saturated rings. The molecule has 0 unspecified atom stereocenters. The highest BCUT2D eigenvalue weighted by molar-refractivity contribution is 7.90. The third-order valence-corrected chi connectivity index (χ3v) is 8.25. The molecule has 1 heterocycles. The summed E-state index contributed by atoms with van der Waals surface area (Å²) in [5, 5.41) is 10.7. The van der Waals surface area contributed by atoms with Crippen molar-refractivity contribution in [3.05, 3.63) is 29.3 Å². The van der Waals surface area contributed by atoms with E-state index in [1.165, 1.54) is 32.9 Å². The Balaban J connectivity index is 0.000000633. The van der Waals surface area contributed by atoms with Crippen LogP contribution in [0.1, 0.15) is 13.3 Å². The molecular formula is C17H25ClF3N3O6S2. The summed E-state index contributed by atoms with van der Waals surface area (Å²) in [5.74, 6) is -2.98. The number of benzene rings is 1. The number of carbonyl (C=O) groups is 1. The fraction of sp³-hybridized carbons (Fsp3) is 0.588. The van der Waals surface area contributed by atoms with E-state index in [1.807, 2.05) is 6.92 Å². The maximum atomic E-state index is 12.8. The zero-order valence-electron chi connectivity index (χ0n) is 17.2. The quantitative estimate of drug-likeness (QED) is 0.530. The number of hydrogen-bond acceptors (Lipinski definition) is 6. The fourth-order valence-electron chi connectivity index (χ4n) is 2.63. The van der Waals surface area contributed by atoms with Crippen LogP contribution in [0, 0.1) is 0 Å². The van der Waals surface area contributed by atoms with Crippen molar-refractivity contribution in [2.75, 3.05) is 45.0 Å². The summed E-state index contributed by atoms with van der Waals surface area (Å²) in [4.78, 5) is 9.01. The van der Waals surface area contributed by atoms with Gasteiger partial charge in [-0.1, -0.05) is 18.5 Å². The second kappa shape index (κ2) is 12.1. The van der Waals surface area contributed by atoms with Crippen molar-refractivity contribution in [1.29, 1.82) is 0 Å². The average molecular weight is 524 g/mol. The molecule has 15 heteroatoms. The van der Waals surface area contributed by atoms with Crippen molar-refractivity contribution in [3.63, 3.8) is 0 Å². The molecular weight excluding hydrogens is 499 g/mol. The van der Waals surface area contributed by atoms with E-state index in [0.29, 0.717) is 37.6 Å². The maximum Gasteiger partial charge on any atom is 0.490 e. The first-order valence-electron chi connectivity index (χ1n) is 9.46. The standard InChI is InChI=1S/C15H24ClN3O4S2.C2HF3O2/c1-2-9-19(25(22,23)15-5-3-14(16)4-6-15)12-13-24(20,21)18-10-7-17-8-11-18;3-2(4,5)1(6)7/h3-6,17H,2,7-13H2,1H3;(H,6,7). The van der Waals surface area contributed by atoms with Crippen LogP contribution in [-0.2, 0) is 24.8 Å². The minimum absolute atomic E-state index is 0.0644. The minimum Gasteiger partial charge on any atom is -0.475 e. The largest absolute Gasteiger partial charge is 0.490 e. The third kappa shape index (κ3) is 8.83. The molecule has 0 aromatic heterocycles. The number of nitrogens with one attached hydrogen (secondary N) is 1.